The topological polar surface area (TPSA) is 104 Å². The van der Waals surface area contributed by atoms with Gasteiger partial charge in [-0.25, -0.2) is 4.68 Å². The van der Waals surface area contributed by atoms with E-state index < -0.39 is 0 Å². The van der Waals surface area contributed by atoms with Crippen LogP contribution in [0.25, 0.3) is 0 Å². The lowest BCUT2D eigenvalue weighted by Gasteiger charge is -2.08. The molecule has 2 aromatic rings. The molecule has 9 heteroatoms. The van der Waals surface area contributed by atoms with Crippen molar-refractivity contribution in [3.05, 3.63) is 30.1 Å². The summed E-state index contributed by atoms with van der Waals surface area (Å²) in [6.45, 7) is 5.11. The zero-order valence-corrected chi connectivity index (χ0v) is 14.5. The highest BCUT2D eigenvalue weighted by Gasteiger charge is 2.09. The zero-order chi connectivity index (χ0) is 17.4. The van der Waals surface area contributed by atoms with Gasteiger partial charge in [0.05, 0.1) is 18.9 Å². The minimum absolute atomic E-state index is 0.115. The average Bonchev–Trinajstić information content (AvgIpc) is 2.90. The Balaban J connectivity index is 1.63. The van der Waals surface area contributed by atoms with Gasteiger partial charge in [-0.3, -0.25) is 4.79 Å². The molecule has 24 heavy (non-hydrogen) atoms. The van der Waals surface area contributed by atoms with E-state index in [9.17, 15) is 4.79 Å². The van der Waals surface area contributed by atoms with Gasteiger partial charge in [0.25, 0.3) is 0 Å². The highest BCUT2D eigenvalue weighted by atomic mass is 32.2. The third kappa shape index (κ3) is 5.34. The molecule has 0 spiro atoms. The van der Waals surface area contributed by atoms with Crippen LogP contribution in [-0.4, -0.2) is 46.3 Å². The van der Waals surface area contributed by atoms with Crippen LogP contribution in [0, 0.1) is 6.92 Å². The summed E-state index contributed by atoms with van der Waals surface area (Å²) in [6, 6.07) is 7.36. The van der Waals surface area contributed by atoms with Gasteiger partial charge in [0.15, 0.2) is 0 Å². The van der Waals surface area contributed by atoms with Crippen molar-refractivity contribution in [2.45, 2.75) is 19.0 Å². The number of nitrogen functional groups attached to an aromatic ring is 1. The first-order valence-corrected chi connectivity index (χ1v) is 8.51. The normalized spacial score (nSPS) is 10.4. The Bertz CT molecular complexity index is 660. The number of carbonyl (C=O) groups excluding carboxylic acids is 1. The summed E-state index contributed by atoms with van der Waals surface area (Å²) >= 11 is 1.23. The number of nitrogens with zero attached hydrogens (tertiary/aromatic N) is 3. The predicted octanol–water partition coefficient (Wildman–Crippen LogP) is 0.986. The van der Waals surface area contributed by atoms with Gasteiger partial charge < -0.3 is 20.6 Å². The summed E-state index contributed by atoms with van der Waals surface area (Å²) in [5, 5.41) is 11.0. The molecule has 0 atom stereocenters. The summed E-state index contributed by atoms with van der Waals surface area (Å²) in [5.41, 5.74) is 0. The van der Waals surface area contributed by atoms with Gasteiger partial charge in [0.2, 0.25) is 11.1 Å². The number of nitrogens with two attached hydrogens (primary N) is 1. The van der Waals surface area contributed by atoms with E-state index in [1.165, 1.54) is 16.4 Å². The van der Waals surface area contributed by atoms with Gasteiger partial charge in [-0.15, -0.1) is 10.2 Å². The third-order valence-electron chi connectivity index (χ3n) is 3.00. The van der Waals surface area contributed by atoms with Gasteiger partial charge in [-0.05, 0) is 38.1 Å². The molecule has 0 radical (unpaired) electrons. The molecule has 0 aliphatic carbocycles. The van der Waals surface area contributed by atoms with Crippen LogP contribution in [0.4, 0.5) is 0 Å². The van der Waals surface area contributed by atoms with Crippen LogP contribution in [0.15, 0.2) is 29.4 Å². The fraction of sp³-hybridized carbons (Fsp3) is 0.400. The van der Waals surface area contributed by atoms with Crippen molar-refractivity contribution in [2.75, 3.05) is 31.4 Å². The molecule has 0 saturated heterocycles. The molecular formula is C15H21N5O3S. The van der Waals surface area contributed by atoms with E-state index >= 15 is 0 Å². The molecule has 1 aromatic carbocycles. The first-order valence-electron chi connectivity index (χ1n) is 7.52. The number of amides is 1. The first-order chi connectivity index (χ1) is 11.6. The number of ether oxygens (including phenoxy) is 2. The quantitative estimate of drug-likeness (QED) is 0.394. The van der Waals surface area contributed by atoms with Crippen molar-refractivity contribution >= 4 is 17.7 Å². The number of benzene rings is 1. The highest BCUT2D eigenvalue weighted by Crippen LogP contribution is 2.17. The molecule has 8 nitrogen and oxygen atoms in total. The van der Waals surface area contributed by atoms with Gasteiger partial charge in [-0.1, -0.05) is 11.8 Å². The second kappa shape index (κ2) is 9.02. The van der Waals surface area contributed by atoms with Crippen LogP contribution >= 0.6 is 11.8 Å². The van der Waals surface area contributed by atoms with Crippen molar-refractivity contribution in [3.63, 3.8) is 0 Å². The average molecular weight is 351 g/mol. The molecule has 1 heterocycles. The lowest BCUT2D eigenvalue weighted by Crippen LogP contribution is -2.29. The van der Waals surface area contributed by atoms with E-state index in [2.05, 4.69) is 15.5 Å². The zero-order valence-electron chi connectivity index (χ0n) is 13.7. The molecule has 0 fully saturated rings. The lowest BCUT2D eigenvalue weighted by atomic mass is 10.3. The summed E-state index contributed by atoms with van der Waals surface area (Å²) in [6.07, 6.45) is 0. The Kier molecular flexibility index (Phi) is 6.74. The maximum Gasteiger partial charge on any atom is 0.230 e. The molecule has 0 aliphatic rings. The monoisotopic (exact) mass is 351 g/mol. The number of thioether (sulfide) groups is 1. The maximum absolute atomic E-state index is 11.8. The van der Waals surface area contributed by atoms with Crippen LogP contribution in [0.1, 0.15) is 12.7 Å². The Morgan fingerprint density at radius 2 is 1.92 bits per heavy atom. The Morgan fingerprint density at radius 3 is 2.50 bits per heavy atom. The number of hydrogen-bond acceptors (Lipinski definition) is 7. The van der Waals surface area contributed by atoms with Crippen LogP contribution in [-0.2, 0) is 4.79 Å². The standard InChI is InChI=1S/C15H21N5O3S/c1-3-22-12-4-6-13(7-5-12)23-9-8-17-14(21)10-24-15-19-18-11(2)20(15)16/h4-7H,3,8-10,16H2,1-2H3,(H,17,21). The van der Waals surface area contributed by atoms with Crippen molar-refractivity contribution in [3.8, 4) is 11.5 Å². The molecule has 130 valence electrons. The summed E-state index contributed by atoms with van der Waals surface area (Å²) < 4.78 is 12.3. The Hall–Kier alpha value is -2.42. The maximum atomic E-state index is 11.8. The highest BCUT2D eigenvalue weighted by molar-refractivity contribution is 7.99. The van der Waals surface area contributed by atoms with E-state index in [4.69, 9.17) is 15.3 Å². The largest absolute Gasteiger partial charge is 0.494 e. The molecule has 0 unspecified atom stereocenters. The van der Waals surface area contributed by atoms with Gasteiger partial charge in [0.1, 0.15) is 23.9 Å². The molecule has 0 saturated carbocycles. The molecule has 0 aliphatic heterocycles. The minimum Gasteiger partial charge on any atom is -0.494 e. The SMILES string of the molecule is CCOc1ccc(OCCNC(=O)CSc2nnc(C)n2N)cc1. The number of carbonyl (C=O) groups is 1. The summed E-state index contributed by atoms with van der Waals surface area (Å²) in [4.78, 5) is 11.8. The lowest BCUT2D eigenvalue weighted by molar-refractivity contribution is -0.118. The van der Waals surface area contributed by atoms with E-state index in [0.29, 0.717) is 30.7 Å². The van der Waals surface area contributed by atoms with Crippen molar-refractivity contribution in [2.24, 2.45) is 0 Å². The number of nitrogens with one attached hydrogen (secondary N) is 1. The van der Waals surface area contributed by atoms with Gasteiger partial charge >= 0.3 is 0 Å². The number of hydrogen-bond donors (Lipinski definition) is 2. The fourth-order valence-electron chi connectivity index (χ4n) is 1.79. The van der Waals surface area contributed by atoms with Crippen molar-refractivity contribution < 1.29 is 14.3 Å². The molecule has 0 bridgehead atoms. The van der Waals surface area contributed by atoms with Crippen molar-refractivity contribution in [1.82, 2.24) is 20.2 Å². The number of rotatable bonds is 9. The van der Waals surface area contributed by atoms with Crippen LogP contribution in [0.5, 0.6) is 11.5 Å². The van der Waals surface area contributed by atoms with Gasteiger partial charge in [0, 0.05) is 0 Å². The number of aromatic nitrogens is 3. The van der Waals surface area contributed by atoms with E-state index in [0.717, 1.165) is 11.5 Å². The van der Waals surface area contributed by atoms with Crippen molar-refractivity contribution in [1.29, 1.82) is 0 Å². The van der Waals surface area contributed by atoms with E-state index in [1.54, 1.807) is 6.92 Å². The first kappa shape index (κ1) is 17.9. The fourth-order valence-corrected chi connectivity index (χ4v) is 2.52. The number of aryl methyl sites for hydroxylation is 1. The van der Waals surface area contributed by atoms with E-state index in [-0.39, 0.29) is 11.7 Å². The summed E-state index contributed by atoms with van der Waals surface area (Å²) in [7, 11) is 0. The Morgan fingerprint density at radius 1 is 1.25 bits per heavy atom. The van der Waals surface area contributed by atoms with E-state index in [1.807, 2.05) is 31.2 Å². The van der Waals surface area contributed by atoms with Crippen LogP contribution < -0.4 is 20.6 Å². The van der Waals surface area contributed by atoms with Gasteiger partial charge in [-0.2, -0.15) is 0 Å². The summed E-state index contributed by atoms with van der Waals surface area (Å²) in [5.74, 6) is 7.95. The second-order valence-electron chi connectivity index (χ2n) is 4.79. The molecule has 1 aromatic heterocycles. The second-order valence-corrected chi connectivity index (χ2v) is 5.73. The predicted molar refractivity (Wildman–Crippen MR) is 91.7 cm³/mol. The Labute approximate surface area is 144 Å². The smallest absolute Gasteiger partial charge is 0.230 e. The molecule has 2 rings (SSSR count). The molecule has 3 N–H and O–H groups in total. The third-order valence-corrected chi connectivity index (χ3v) is 3.94. The minimum atomic E-state index is -0.115. The van der Waals surface area contributed by atoms with Crippen LogP contribution in [0.2, 0.25) is 0 Å². The molecule has 1 amide bonds. The molecular weight excluding hydrogens is 330 g/mol. The van der Waals surface area contributed by atoms with Crippen LogP contribution in [0.3, 0.4) is 0 Å².